The van der Waals surface area contributed by atoms with Gasteiger partial charge in [0.05, 0.1) is 12.1 Å². The van der Waals surface area contributed by atoms with E-state index in [1.54, 1.807) is 6.07 Å². The summed E-state index contributed by atoms with van der Waals surface area (Å²) in [5.74, 6) is -0.663. The van der Waals surface area contributed by atoms with Crippen LogP contribution in [0.25, 0.3) is 6.08 Å². The number of nitrogens with one attached hydrogen (secondary N) is 1. The van der Waals surface area contributed by atoms with Gasteiger partial charge in [0.25, 0.3) is 5.91 Å². The second-order valence-electron chi connectivity index (χ2n) is 8.12. The van der Waals surface area contributed by atoms with Gasteiger partial charge in [-0.05, 0) is 42.7 Å². The molecule has 0 aromatic heterocycles. The topological polar surface area (TPSA) is 69.7 Å². The summed E-state index contributed by atoms with van der Waals surface area (Å²) in [6.45, 7) is 1.10. The average Bonchev–Trinajstić information content (AvgIpc) is 3.47. The van der Waals surface area contributed by atoms with Crippen molar-refractivity contribution in [1.29, 1.82) is 0 Å². The normalized spacial score (nSPS) is 24.7. The number of imide groups is 1. The van der Waals surface area contributed by atoms with Crippen LogP contribution in [0.5, 0.6) is 0 Å². The quantitative estimate of drug-likeness (QED) is 0.598. The van der Waals surface area contributed by atoms with Gasteiger partial charge in [-0.3, -0.25) is 14.4 Å². The van der Waals surface area contributed by atoms with Gasteiger partial charge in [-0.2, -0.15) is 0 Å². The summed E-state index contributed by atoms with van der Waals surface area (Å²) in [5.41, 5.74) is 2.59. The highest BCUT2D eigenvalue weighted by molar-refractivity contribution is 6.22. The molecule has 1 atom stereocenters. The van der Waals surface area contributed by atoms with Gasteiger partial charge in [-0.1, -0.05) is 36.4 Å². The van der Waals surface area contributed by atoms with E-state index in [0.29, 0.717) is 37.3 Å². The Hall–Kier alpha value is -3.74. The van der Waals surface area contributed by atoms with E-state index in [1.165, 1.54) is 18.2 Å². The minimum Gasteiger partial charge on any atom is -0.370 e. The van der Waals surface area contributed by atoms with Crippen LogP contribution in [0.1, 0.15) is 24.8 Å². The Morgan fingerprint density at radius 2 is 1.81 bits per heavy atom. The molecule has 32 heavy (non-hydrogen) atoms. The van der Waals surface area contributed by atoms with Gasteiger partial charge in [0.2, 0.25) is 5.91 Å². The summed E-state index contributed by atoms with van der Waals surface area (Å²) < 4.78 is 13.7. The molecule has 2 saturated heterocycles. The van der Waals surface area contributed by atoms with Gasteiger partial charge in [-0.25, -0.2) is 9.29 Å². The number of anilines is 1. The van der Waals surface area contributed by atoms with Gasteiger partial charge < -0.3 is 10.2 Å². The second kappa shape index (κ2) is 8.07. The van der Waals surface area contributed by atoms with Crippen LogP contribution in [-0.4, -0.2) is 41.6 Å². The lowest BCUT2D eigenvalue weighted by Gasteiger charge is -2.26. The zero-order chi connectivity index (χ0) is 22.2. The number of amides is 2. The molecule has 0 bridgehead atoms. The Balaban J connectivity index is 1.42. The van der Waals surface area contributed by atoms with Crippen LogP contribution in [0.2, 0.25) is 0 Å². The van der Waals surface area contributed by atoms with Crippen molar-refractivity contribution in [3.63, 3.8) is 0 Å². The van der Waals surface area contributed by atoms with Crippen LogP contribution < -0.4 is 10.2 Å². The number of hydrogen-bond donors (Lipinski definition) is 1. The Kier molecular flexibility index (Phi) is 5.09. The molecule has 3 fully saturated rings. The van der Waals surface area contributed by atoms with Crippen LogP contribution in [0, 0.1) is 5.82 Å². The number of benzene rings is 2. The van der Waals surface area contributed by atoms with Crippen molar-refractivity contribution in [3.05, 3.63) is 82.9 Å². The first kappa shape index (κ1) is 20.2. The van der Waals surface area contributed by atoms with Crippen molar-refractivity contribution in [2.75, 3.05) is 18.0 Å². The fourth-order valence-corrected chi connectivity index (χ4v) is 4.64. The monoisotopic (exact) mass is 431 g/mol. The summed E-state index contributed by atoms with van der Waals surface area (Å²) in [7, 11) is 0. The van der Waals surface area contributed by atoms with Gasteiger partial charge in [0.15, 0.2) is 5.78 Å². The highest BCUT2D eigenvalue weighted by atomic mass is 19.1. The van der Waals surface area contributed by atoms with E-state index in [0.717, 1.165) is 16.0 Å². The number of rotatable bonds is 3. The molecule has 1 saturated carbocycles. The van der Waals surface area contributed by atoms with Crippen LogP contribution in [0.3, 0.4) is 0 Å². The van der Waals surface area contributed by atoms with E-state index in [1.807, 2.05) is 41.3 Å². The lowest BCUT2D eigenvalue weighted by Crippen LogP contribution is -2.41. The highest BCUT2D eigenvalue weighted by Crippen LogP contribution is 2.34. The fourth-order valence-electron chi connectivity index (χ4n) is 4.64. The molecule has 1 aliphatic carbocycles. The fraction of sp³-hybridized carbons (Fsp3) is 0.240. The van der Waals surface area contributed by atoms with Crippen molar-refractivity contribution in [2.24, 2.45) is 0 Å². The van der Waals surface area contributed by atoms with E-state index in [-0.39, 0.29) is 23.8 Å². The molecular weight excluding hydrogens is 409 g/mol. The summed E-state index contributed by atoms with van der Waals surface area (Å²) in [6, 6.07) is 14.5. The molecule has 2 aromatic carbocycles. The van der Waals surface area contributed by atoms with Crippen LogP contribution >= 0.6 is 0 Å². The maximum Gasteiger partial charge on any atom is 0.257 e. The molecule has 1 N–H and O–H groups in total. The van der Waals surface area contributed by atoms with Gasteiger partial charge in [0.1, 0.15) is 17.7 Å². The summed E-state index contributed by atoms with van der Waals surface area (Å²) in [5, 5.41) is 3.25. The van der Waals surface area contributed by atoms with E-state index < -0.39 is 17.8 Å². The standard InChI is InChI=1S/C25H22FN3O3/c26-18-7-4-8-19(14-18)29-22(30)15-21(25(29)32)28-12-11-27-24(28)20-10-9-17(23(20)31)13-16-5-2-1-3-6-16/h1-8,13-14,21,27H,9-12,15H2. The molecular formula is C25H22FN3O3. The zero-order valence-corrected chi connectivity index (χ0v) is 17.4. The summed E-state index contributed by atoms with van der Waals surface area (Å²) in [4.78, 5) is 41.8. The third-order valence-corrected chi connectivity index (χ3v) is 6.13. The first-order valence-corrected chi connectivity index (χ1v) is 10.7. The number of carbonyl (C=O) groups is 3. The second-order valence-corrected chi connectivity index (χ2v) is 8.12. The number of ketones is 1. The van der Waals surface area contributed by atoms with Crippen LogP contribution in [0.4, 0.5) is 10.1 Å². The first-order valence-electron chi connectivity index (χ1n) is 10.7. The molecule has 0 spiro atoms. The maximum absolute atomic E-state index is 13.7. The Morgan fingerprint density at radius 3 is 2.59 bits per heavy atom. The number of halogens is 1. The molecule has 6 nitrogen and oxygen atoms in total. The number of carbonyl (C=O) groups excluding carboxylic acids is 3. The van der Waals surface area contributed by atoms with Gasteiger partial charge >= 0.3 is 0 Å². The van der Waals surface area contributed by atoms with E-state index >= 15 is 0 Å². The average molecular weight is 431 g/mol. The van der Waals surface area contributed by atoms with Crippen molar-refractivity contribution >= 4 is 29.4 Å². The minimum atomic E-state index is -0.710. The summed E-state index contributed by atoms with van der Waals surface area (Å²) in [6.07, 6.45) is 3.12. The van der Waals surface area contributed by atoms with Crippen LogP contribution in [0.15, 0.2) is 71.6 Å². The van der Waals surface area contributed by atoms with E-state index in [9.17, 15) is 18.8 Å². The van der Waals surface area contributed by atoms with Gasteiger partial charge in [-0.15, -0.1) is 0 Å². The largest absolute Gasteiger partial charge is 0.370 e. The molecule has 2 heterocycles. The third kappa shape index (κ3) is 3.49. The van der Waals surface area contributed by atoms with Crippen molar-refractivity contribution in [1.82, 2.24) is 10.2 Å². The van der Waals surface area contributed by atoms with E-state index in [2.05, 4.69) is 5.32 Å². The molecule has 2 amide bonds. The minimum absolute atomic E-state index is 0.00525. The Labute approximate surface area is 185 Å². The number of allylic oxidation sites excluding steroid dienone is 2. The van der Waals surface area contributed by atoms with E-state index in [4.69, 9.17) is 0 Å². The van der Waals surface area contributed by atoms with Crippen molar-refractivity contribution < 1.29 is 18.8 Å². The van der Waals surface area contributed by atoms with Gasteiger partial charge in [0, 0.05) is 24.2 Å². The molecule has 162 valence electrons. The first-order chi connectivity index (χ1) is 15.5. The van der Waals surface area contributed by atoms with Crippen molar-refractivity contribution in [2.45, 2.75) is 25.3 Å². The number of nitrogens with zero attached hydrogens (tertiary/aromatic N) is 2. The predicted octanol–water partition coefficient (Wildman–Crippen LogP) is 3.02. The molecule has 2 aromatic rings. The molecule has 2 aliphatic heterocycles. The predicted molar refractivity (Wildman–Crippen MR) is 118 cm³/mol. The zero-order valence-electron chi connectivity index (χ0n) is 17.4. The van der Waals surface area contributed by atoms with Crippen LogP contribution in [-0.2, 0) is 14.4 Å². The maximum atomic E-state index is 13.7. The molecule has 3 aliphatic rings. The summed E-state index contributed by atoms with van der Waals surface area (Å²) >= 11 is 0. The molecule has 7 heteroatoms. The number of hydrogen-bond acceptors (Lipinski definition) is 5. The SMILES string of the molecule is O=C1C(=Cc2ccccc2)CCC1=C1NCCN1C1CC(=O)N(c2cccc(F)c2)C1=O. The Bertz CT molecular complexity index is 1170. The lowest BCUT2D eigenvalue weighted by atomic mass is 10.1. The highest BCUT2D eigenvalue weighted by Gasteiger charge is 2.45. The molecule has 1 unspecified atom stereocenters. The molecule has 5 rings (SSSR count). The number of Topliss-reactive ketones (excluding diaryl/α,β-unsaturated/α-hetero) is 1. The Morgan fingerprint density at radius 1 is 1.00 bits per heavy atom. The van der Waals surface area contributed by atoms with Crippen molar-refractivity contribution in [3.8, 4) is 0 Å². The smallest absolute Gasteiger partial charge is 0.257 e. The third-order valence-electron chi connectivity index (χ3n) is 6.13. The lowest BCUT2D eigenvalue weighted by molar-refractivity contribution is -0.122. The molecule has 0 radical (unpaired) electrons.